The number of carboxylic acids is 1. The molecule has 4 nitrogen and oxygen atoms in total. The third-order valence-electron chi connectivity index (χ3n) is 4.47. The third-order valence-corrected chi connectivity index (χ3v) is 4.47. The summed E-state index contributed by atoms with van der Waals surface area (Å²) in [6.07, 6.45) is 0.141. The van der Waals surface area contributed by atoms with Crippen molar-refractivity contribution in [3.05, 3.63) is 65.2 Å². The lowest BCUT2D eigenvalue weighted by atomic mass is 9.87. The predicted octanol–water partition coefficient (Wildman–Crippen LogP) is 3.16. The van der Waals surface area contributed by atoms with Crippen LogP contribution in [0, 0.1) is 5.92 Å². The van der Waals surface area contributed by atoms with E-state index in [1.807, 2.05) is 30.3 Å². The maximum atomic E-state index is 11.1. The van der Waals surface area contributed by atoms with Gasteiger partial charge in [-0.1, -0.05) is 42.5 Å². The summed E-state index contributed by atoms with van der Waals surface area (Å²) in [4.78, 5) is 11.1. The standard InChI is InChI=1S/C19H20O4/c1-12(19(21)22)14-7-8-16-17(10-14)23-11-15(18(16)20)9-13-5-3-2-4-6-13/h2-8,10,12,15,18,20H,9,11H2,1H3,(H,21,22). The molecule has 3 atom stereocenters. The summed E-state index contributed by atoms with van der Waals surface area (Å²) in [6.45, 7) is 2.06. The van der Waals surface area contributed by atoms with E-state index in [0.29, 0.717) is 17.9 Å². The molecular formula is C19H20O4. The summed E-state index contributed by atoms with van der Waals surface area (Å²) in [5.74, 6) is -0.883. The van der Waals surface area contributed by atoms with Crippen LogP contribution in [-0.2, 0) is 11.2 Å². The second kappa shape index (κ2) is 6.42. The van der Waals surface area contributed by atoms with Crippen LogP contribution in [0.2, 0.25) is 0 Å². The van der Waals surface area contributed by atoms with Gasteiger partial charge >= 0.3 is 5.97 Å². The molecule has 120 valence electrons. The van der Waals surface area contributed by atoms with E-state index >= 15 is 0 Å². The lowest BCUT2D eigenvalue weighted by Gasteiger charge is -2.31. The minimum atomic E-state index is -0.872. The van der Waals surface area contributed by atoms with Crippen molar-refractivity contribution in [3.63, 3.8) is 0 Å². The van der Waals surface area contributed by atoms with E-state index in [1.54, 1.807) is 25.1 Å². The van der Waals surface area contributed by atoms with Crippen molar-refractivity contribution in [1.82, 2.24) is 0 Å². The number of carbonyl (C=O) groups is 1. The molecule has 0 saturated heterocycles. The minimum Gasteiger partial charge on any atom is -0.493 e. The molecule has 1 heterocycles. The first-order chi connectivity index (χ1) is 11.1. The van der Waals surface area contributed by atoms with Crippen molar-refractivity contribution >= 4 is 5.97 Å². The van der Waals surface area contributed by atoms with Crippen LogP contribution < -0.4 is 4.74 Å². The van der Waals surface area contributed by atoms with Gasteiger partial charge in [-0.2, -0.15) is 0 Å². The molecule has 4 heteroatoms. The van der Waals surface area contributed by atoms with Crippen molar-refractivity contribution in [2.45, 2.75) is 25.4 Å². The topological polar surface area (TPSA) is 66.8 Å². The van der Waals surface area contributed by atoms with Crippen molar-refractivity contribution in [2.75, 3.05) is 6.61 Å². The van der Waals surface area contributed by atoms with Crippen LogP contribution in [0.3, 0.4) is 0 Å². The Hall–Kier alpha value is -2.33. The Morgan fingerprint density at radius 1 is 1.26 bits per heavy atom. The Balaban J connectivity index is 1.80. The summed E-state index contributed by atoms with van der Waals surface area (Å²) < 4.78 is 5.80. The van der Waals surface area contributed by atoms with Gasteiger partial charge in [-0.15, -0.1) is 0 Å². The number of aliphatic hydroxyl groups excluding tert-OH is 1. The van der Waals surface area contributed by atoms with E-state index in [4.69, 9.17) is 9.84 Å². The highest BCUT2D eigenvalue weighted by atomic mass is 16.5. The fraction of sp³-hybridized carbons (Fsp3) is 0.316. The summed E-state index contributed by atoms with van der Waals surface area (Å²) in [7, 11) is 0. The van der Waals surface area contributed by atoms with Gasteiger partial charge in [-0.25, -0.2) is 0 Å². The van der Waals surface area contributed by atoms with Crippen LogP contribution in [0.5, 0.6) is 5.75 Å². The highest BCUT2D eigenvalue weighted by Gasteiger charge is 2.30. The van der Waals surface area contributed by atoms with E-state index in [-0.39, 0.29) is 5.92 Å². The second-order valence-corrected chi connectivity index (χ2v) is 6.06. The van der Waals surface area contributed by atoms with E-state index in [1.165, 1.54) is 5.56 Å². The van der Waals surface area contributed by atoms with Gasteiger partial charge in [0, 0.05) is 11.5 Å². The van der Waals surface area contributed by atoms with Gasteiger partial charge in [-0.3, -0.25) is 4.79 Å². The van der Waals surface area contributed by atoms with Gasteiger partial charge in [0.15, 0.2) is 0 Å². The van der Waals surface area contributed by atoms with Gasteiger partial charge in [0.05, 0.1) is 18.6 Å². The lowest BCUT2D eigenvalue weighted by Crippen LogP contribution is -2.27. The van der Waals surface area contributed by atoms with E-state index in [9.17, 15) is 9.90 Å². The van der Waals surface area contributed by atoms with Gasteiger partial charge < -0.3 is 14.9 Å². The van der Waals surface area contributed by atoms with Crippen molar-refractivity contribution in [1.29, 1.82) is 0 Å². The first-order valence-corrected chi connectivity index (χ1v) is 7.77. The molecule has 3 unspecified atom stereocenters. The highest BCUT2D eigenvalue weighted by molar-refractivity contribution is 5.75. The van der Waals surface area contributed by atoms with Gasteiger partial charge in [0.2, 0.25) is 0 Å². The normalized spacial score (nSPS) is 21.1. The van der Waals surface area contributed by atoms with Gasteiger partial charge in [0.25, 0.3) is 0 Å². The number of hydrogen-bond donors (Lipinski definition) is 2. The Morgan fingerprint density at radius 3 is 2.70 bits per heavy atom. The first kappa shape index (κ1) is 15.6. The van der Waals surface area contributed by atoms with Crippen LogP contribution in [-0.4, -0.2) is 22.8 Å². The van der Waals surface area contributed by atoms with Gasteiger partial charge in [0.1, 0.15) is 5.75 Å². The number of aliphatic hydroxyl groups is 1. The molecule has 0 aliphatic carbocycles. The number of carboxylic acid groups (broad SMARTS) is 1. The molecule has 2 N–H and O–H groups in total. The molecule has 3 rings (SSSR count). The Bertz CT molecular complexity index is 696. The largest absolute Gasteiger partial charge is 0.493 e. The summed E-state index contributed by atoms with van der Waals surface area (Å²) in [5, 5.41) is 19.7. The molecule has 1 aliphatic heterocycles. The monoisotopic (exact) mass is 312 g/mol. The zero-order chi connectivity index (χ0) is 16.4. The van der Waals surface area contributed by atoms with Crippen LogP contribution in [0.4, 0.5) is 0 Å². The fourth-order valence-corrected chi connectivity index (χ4v) is 2.96. The maximum absolute atomic E-state index is 11.1. The summed E-state index contributed by atoms with van der Waals surface area (Å²) >= 11 is 0. The average Bonchev–Trinajstić information content (AvgIpc) is 2.57. The van der Waals surface area contributed by atoms with Gasteiger partial charge in [-0.05, 0) is 30.5 Å². The number of hydrogen-bond acceptors (Lipinski definition) is 3. The molecule has 0 aromatic heterocycles. The smallest absolute Gasteiger partial charge is 0.310 e. The number of benzene rings is 2. The SMILES string of the molecule is CC(C(=O)O)c1ccc2c(c1)OCC(Cc1ccccc1)C2O. The molecule has 0 fully saturated rings. The van der Waals surface area contributed by atoms with Crippen LogP contribution in [0.1, 0.15) is 35.6 Å². The molecule has 0 saturated carbocycles. The van der Waals surface area contributed by atoms with Crippen LogP contribution >= 0.6 is 0 Å². The second-order valence-electron chi connectivity index (χ2n) is 6.06. The van der Waals surface area contributed by atoms with E-state index in [2.05, 4.69) is 0 Å². The summed E-state index contributed by atoms with van der Waals surface area (Å²) in [5.41, 5.74) is 2.59. The molecule has 2 aromatic rings. The van der Waals surface area contributed by atoms with E-state index < -0.39 is 18.0 Å². The molecule has 0 amide bonds. The maximum Gasteiger partial charge on any atom is 0.310 e. The number of fused-ring (bicyclic) bond motifs is 1. The first-order valence-electron chi connectivity index (χ1n) is 7.77. The van der Waals surface area contributed by atoms with Crippen LogP contribution in [0.15, 0.2) is 48.5 Å². The third kappa shape index (κ3) is 3.22. The molecule has 0 spiro atoms. The highest BCUT2D eigenvalue weighted by Crippen LogP contribution is 2.38. The minimum absolute atomic E-state index is 0.00681. The quantitative estimate of drug-likeness (QED) is 0.910. The van der Waals surface area contributed by atoms with Crippen molar-refractivity contribution in [3.8, 4) is 5.75 Å². The van der Waals surface area contributed by atoms with Crippen LogP contribution in [0.25, 0.3) is 0 Å². The predicted molar refractivity (Wildman–Crippen MR) is 86.6 cm³/mol. The summed E-state index contributed by atoms with van der Waals surface area (Å²) in [6, 6.07) is 15.3. The lowest BCUT2D eigenvalue weighted by molar-refractivity contribution is -0.138. The number of aliphatic carboxylic acids is 1. The molecule has 0 radical (unpaired) electrons. The Kier molecular flexibility index (Phi) is 4.35. The molecule has 0 bridgehead atoms. The fourth-order valence-electron chi connectivity index (χ4n) is 2.96. The molecular weight excluding hydrogens is 292 g/mol. The Labute approximate surface area is 135 Å². The molecule has 2 aromatic carbocycles. The van der Waals surface area contributed by atoms with Crippen molar-refractivity contribution in [2.24, 2.45) is 5.92 Å². The number of rotatable bonds is 4. The molecule has 1 aliphatic rings. The Morgan fingerprint density at radius 2 is 2.00 bits per heavy atom. The van der Waals surface area contributed by atoms with E-state index in [0.717, 1.165) is 12.0 Å². The average molecular weight is 312 g/mol. The zero-order valence-electron chi connectivity index (χ0n) is 13.0. The molecule has 23 heavy (non-hydrogen) atoms. The van der Waals surface area contributed by atoms with Crippen molar-refractivity contribution < 1.29 is 19.7 Å². The zero-order valence-corrected chi connectivity index (χ0v) is 13.0. The number of ether oxygens (including phenoxy) is 1.